The van der Waals surface area contributed by atoms with Gasteiger partial charge in [0.1, 0.15) is 5.82 Å². The van der Waals surface area contributed by atoms with Crippen LogP contribution in [0.4, 0.5) is 0 Å². The van der Waals surface area contributed by atoms with Gasteiger partial charge in [0.25, 0.3) is 5.56 Å². The highest BCUT2D eigenvalue weighted by molar-refractivity contribution is 6.30. The lowest BCUT2D eigenvalue weighted by molar-refractivity contribution is 0.498. The Morgan fingerprint density at radius 2 is 1.83 bits per heavy atom. The van der Waals surface area contributed by atoms with Gasteiger partial charge in [-0.25, -0.2) is 4.98 Å². The number of aromatic nitrogens is 2. The van der Waals surface area contributed by atoms with Gasteiger partial charge in [0, 0.05) is 5.02 Å². The molecule has 0 amide bonds. The number of benzene rings is 2. The van der Waals surface area contributed by atoms with Crippen molar-refractivity contribution in [3.05, 3.63) is 69.7 Å². The van der Waals surface area contributed by atoms with E-state index in [1.165, 1.54) is 0 Å². The van der Waals surface area contributed by atoms with E-state index in [1.807, 2.05) is 36.4 Å². The molecule has 4 nitrogen and oxygen atoms in total. The molecular weight excluding hydrogens is 322 g/mol. The Morgan fingerprint density at radius 3 is 2.50 bits per heavy atom. The summed E-state index contributed by atoms with van der Waals surface area (Å²) in [7, 11) is 0. The van der Waals surface area contributed by atoms with E-state index in [-0.39, 0.29) is 11.6 Å². The Kier molecular flexibility index (Phi) is 4.97. The van der Waals surface area contributed by atoms with Crippen LogP contribution in [0, 0.1) is 0 Å². The molecule has 0 saturated carbocycles. The van der Waals surface area contributed by atoms with Crippen LogP contribution in [0.2, 0.25) is 5.02 Å². The Hall–Kier alpha value is -2.17. The van der Waals surface area contributed by atoms with Crippen molar-refractivity contribution in [2.45, 2.75) is 26.3 Å². The lowest BCUT2D eigenvalue weighted by Gasteiger charge is -2.21. The van der Waals surface area contributed by atoms with E-state index < -0.39 is 0 Å². The molecule has 0 unspecified atom stereocenters. The van der Waals surface area contributed by atoms with Crippen LogP contribution in [0.15, 0.2) is 53.3 Å². The topological polar surface area (TPSA) is 46.9 Å². The maximum Gasteiger partial charge on any atom is 0.266 e. The van der Waals surface area contributed by atoms with Gasteiger partial charge in [-0.2, -0.15) is 0 Å². The van der Waals surface area contributed by atoms with Crippen molar-refractivity contribution in [2.75, 3.05) is 6.54 Å². The summed E-state index contributed by atoms with van der Waals surface area (Å²) in [6, 6.07) is 14.7. The SMILES string of the molecule is CCN[C@@H](CC)c1nc2ccccc2c(=O)n1-c1ccc(Cl)cc1. The average molecular weight is 342 g/mol. The van der Waals surface area contributed by atoms with Crippen LogP contribution in [-0.2, 0) is 0 Å². The zero-order valence-corrected chi connectivity index (χ0v) is 14.5. The van der Waals surface area contributed by atoms with E-state index in [0.29, 0.717) is 10.4 Å². The molecule has 1 atom stereocenters. The molecule has 0 fully saturated rings. The van der Waals surface area contributed by atoms with Crippen LogP contribution < -0.4 is 10.9 Å². The van der Waals surface area contributed by atoms with Crippen LogP contribution in [0.25, 0.3) is 16.6 Å². The lowest BCUT2D eigenvalue weighted by Crippen LogP contribution is -2.31. The van der Waals surface area contributed by atoms with E-state index in [2.05, 4.69) is 19.2 Å². The third-order valence-electron chi connectivity index (χ3n) is 4.06. The third-order valence-corrected chi connectivity index (χ3v) is 4.31. The summed E-state index contributed by atoms with van der Waals surface area (Å²) in [4.78, 5) is 17.9. The number of fused-ring (bicyclic) bond motifs is 1. The molecule has 0 aliphatic rings. The maximum absolute atomic E-state index is 13.1. The number of rotatable bonds is 5. The minimum atomic E-state index is -0.0609. The van der Waals surface area contributed by atoms with Gasteiger partial charge < -0.3 is 5.32 Å². The van der Waals surface area contributed by atoms with Crippen molar-refractivity contribution < 1.29 is 0 Å². The van der Waals surface area contributed by atoms with Gasteiger partial charge in [0.05, 0.1) is 22.6 Å². The van der Waals surface area contributed by atoms with Gasteiger partial charge in [-0.1, -0.05) is 37.6 Å². The lowest BCUT2D eigenvalue weighted by atomic mass is 10.1. The summed E-state index contributed by atoms with van der Waals surface area (Å²) in [6.07, 6.45) is 0.839. The van der Waals surface area contributed by atoms with Crippen LogP contribution in [0.1, 0.15) is 32.1 Å². The largest absolute Gasteiger partial charge is 0.308 e. The van der Waals surface area contributed by atoms with E-state index >= 15 is 0 Å². The third kappa shape index (κ3) is 3.07. The molecule has 1 N–H and O–H groups in total. The number of halogens is 1. The molecule has 1 aromatic heterocycles. The van der Waals surface area contributed by atoms with Crippen LogP contribution in [-0.4, -0.2) is 16.1 Å². The number of nitrogens with one attached hydrogen (secondary N) is 1. The summed E-state index contributed by atoms with van der Waals surface area (Å²) in [5, 5.41) is 4.67. The molecule has 5 heteroatoms. The summed E-state index contributed by atoms with van der Waals surface area (Å²) >= 11 is 6.00. The predicted molar refractivity (Wildman–Crippen MR) is 99.1 cm³/mol. The van der Waals surface area contributed by atoms with Crippen LogP contribution in [0.3, 0.4) is 0 Å². The van der Waals surface area contributed by atoms with Crippen molar-refractivity contribution in [2.24, 2.45) is 0 Å². The van der Waals surface area contributed by atoms with Gasteiger partial charge in [0.15, 0.2) is 0 Å². The Morgan fingerprint density at radius 1 is 1.12 bits per heavy atom. The molecule has 1 heterocycles. The van der Waals surface area contributed by atoms with E-state index in [9.17, 15) is 4.79 Å². The molecule has 2 aromatic carbocycles. The standard InChI is InChI=1S/C19H20ClN3O/c1-3-16(21-4-2)18-22-17-8-6-5-7-15(17)19(24)23(18)14-11-9-13(20)10-12-14/h5-12,16,21H,3-4H2,1-2H3/t16-/m0/s1. The number of nitrogens with zero attached hydrogens (tertiary/aromatic N) is 2. The second-order valence-corrected chi connectivity index (χ2v) is 6.06. The number of para-hydroxylation sites is 1. The molecule has 0 aliphatic heterocycles. The highest BCUT2D eigenvalue weighted by atomic mass is 35.5. The van der Waals surface area contributed by atoms with Crippen LogP contribution in [0.5, 0.6) is 0 Å². The molecule has 0 bridgehead atoms. The van der Waals surface area contributed by atoms with E-state index in [4.69, 9.17) is 16.6 Å². The summed E-state index contributed by atoms with van der Waals surface area (Å²) in [6.45, 7) is 4.94. The van der Waals surface area contributed by atoms with Crippen LogP contribution >= 0.6 is 11.6 Å². The second-order valence-electron chi connectivity index (χ2n) is 5.62. The molecule has 0 saturated heterocycles. The Labute approximate surface area is 146 Å². The summed E-state index contributed by atoms with van der Waals surface area (Å²) in [5.41, 5.74) is 1.43. The predicted octanol–water partition coefficient (Wildman–Crippen LogP) is 4.10. The van der Waals surface area contributed by atoms with Crippen molar-refractivity contribution in [1.82, 2.24) is 14.9 Å². The van der Waals surface area contributed by atoms with Crippen molar-refractivity contribution in [3.8, 4) is 5.69 Å². The molecule has 24 heavy (non-hydrogen) atoms. The molecule has 0 aliphatic carbocycles. The number of hydrogen-bond acceptors (Lipinski definition) is 3. The Bertz CT molecular complexity index is 903. The van der Waals surface area contributed by atoms with Gasteiger partial charge in [-0.15, -0.1) is 0 Å². The zero-order valence-electron chi connectivity index (χ0n) is 13.8. The molecule has 0 spiro atoms. The van der Waals surface area contributed by atoms with Gasteiger partial charge in [0.2, 0.25) is 0 Å². The smallest absolute Gasteiger partial charge is 0.266 e. The first-order valence-electron chi connectivity index (χ1n) is 8.16. The van der Waals surface area contributed by atoms with Gasteiger partial charge in [-0.05, 0) is 49.4 Å². The zero-order chi connectivity index (χ0) is 17.1. The summed E-state index contributed by atoms with van der Waals surface area (Å²) in [5.74, 6) is 0.727. The highest BCUT2D eigenvalue weighted by Crippen LogP contribution is 2.21. The van der Waals surface area contributed by atoms with Crippen molar-refractivity contribution >= 4 is 22.5 Å². The monoisotopic (exact) mass is 341 g/mol. The highest BCUT2D eigenvalue weighted by Gasteiger charge is 2.19. The Balaban J connectivity index is 2.33. The van der Waals surface area contributed by atoms with E-state index in [1.54, 1.807) is 16.7 Å². The molecular formula is C19H20ClN3O. The second kappa shape index (κ2) is 7.16. The fourth-order valence-electron chi connectivity index (χ4n) is 2.89. The normalized spacial score (nSPS) is 12.5. The van der Waals surface area contributed by atoms with Crippen molar-refractivity contribution in [1.29, 1.82) is 0 Å². The molecule has 3 aromatic rings. The average Bonchev–Trinajstić information content (AvgIpc) is 2.61. The first-order chi connectivity index (χ1) is 11.7. The van der Waals surface area contributed by atoms with Gasteiger partial charge in [-0.3, -0.25) is 9.36 Å². The molecule has 124 valence electrons. The maximum atomic E-state index is 13.1. The summed E-state index contributed by atoms with van der Waals surface area (Å²) < 4.78 is 1.69. The minimum absolute atomic E-state index is 0.00276. The fourth-order valence-corrected chi connectivity index (χ4v) is 3.01. The number of hydrogen-bond donors (Lipinski definition) is 1. The quantitative estimate of drug-likeness (QED) is 0.760. The molecule has 3 rings (SSSR count). The first-order valence-corrected chi connectivity index (χ1v) is 8.54. The van der Waals surface area contributed by atoms with Gasteiger partial charge >= 0.3 is 0 Å². The fraction of sp³-hybridized carbons (Fsp3) is 0.263. The van der Waals surface area contributed by atoms with Crippen molar-refractivity contribution in [3.63, 3.8) is 0 Å². The first kappa shape index (κ1) is 16.7. The minimum Gasteiger partial charge on any atom is -0.308 e. The molecule has 0 radical (unpaired) electrons. The van der Waals surface area contributed by atoms with E-state index in [0.717, 1.165) is 30.0 Å².